The number of carbonyl (C=O) groups excluding carboxylic acids is 1. The Morgan fingerprint density at radius 3 is 2.51 bits per heavy atom. The molecule has 0 radical (unpaired) electrons. The highest BCUT2D eigenvalue weighted by atomic mass is 32.2. The van der Waals surface area contributed by atoms with Gasteiger partial charge in [-0.3, -0.25) is 15.0 Å². The Balaban J connectivity index is 1.43. The maximum Gasteiger partial charge on any atom is 0.272 e. The zero-order valence-corrected chi connectivity index (χ0v) is 19.7. The average Bonchev–Trinajstić information content (AvgIpc) is 3.58. The van der Waals surface area contributed by atoms with Gasteiger partial charge in [-0.25, -0.2) is 13.4 Å². The lowest BCUT2D eigenvalue weighted by molar-refractivity contribution is 0.0562. The number of nitrogens with two attached hydrogens (primary N) is 2. The Kier molecular flexibility index (Phi) is 4.64. The van der Waals surface area contributed by atoms with Gasteiger partial charge in [-0.2, -0.15) is 19.8 Å². The quantitative estimate of drug-likeness (QED) is 0.318. The summed E-state index contributed by atoms with van der Waals surface area (Å²) in [5, 5.41) is 17.6. The Morgan fingerprint density at radius 1 is 1.17 bits per heavy atom. The summed E-state index contributed by atoms with van der Waals surface area (Å²) in [7, 11) is -3.71. The molecule has 2 aliphatic rings. The van der Waals surface area contributed by atoms with Crippen LogP contribution in [0.4, 0.5) is 11.6 Å². The lowest BCUT2D eigenvalue weighted by atomic mass is 9.87. The highest BCUT2D eigenvalue weighted by molar-refractivity contribution is 7.91. The van der Waals surface area contributed by atoms with Crippen LogP contribution in [0.3, 0.4) is 0 Å². The molecule has 2 fully saturated rings. The molecule has 1 unspecified atom stereocenters. The fourth-order valence-corrected chi connectivity index (χ4v) is 6.65. The number of hydrogen-bond donors (Lipinski definition) is 4. The molecule has 3 atom stereocenters. The molecule has 182 valence electrons. The van der Waals surface area contributed by atoms with Crippen LogP contribution in [0.25, 0.3) is 16.8 Å². The minimum absolute atomic E-state index is 0.00244. The highest BCUT2D eigenvalue weighted by Gasteiger charge is 2.46. The summed E-state index contributed by atoms with van der Waals surface area (Å²) in [6.45, 7) is 0. The lowest BCUT2D eigenvalue weighted by Crippen LogP contribution is -2.46. The number of hydrogen-bond acceptors (Lipinski definition) is 9. The molecular formula is C21H24N10O3S. The second-order valence-electron chi connectivity index (χ2n) is 9.24. The van der Waals surface area contributed by atoms with E-state index in [0.29, 0.717) is 35.4 Å². The van der Waals surface area contributed by atoms with E-state index in [4.69, 9.17) is 16.5 Å². The second-order valence-corrected chi connectivity index (χ2v) is 11.2. The van der Waals surface area contributed by atoms with Crippen molar-refractivity contribution in [3.8, 4) is 11.1 Å². The molecule has 2 aliphatic heterocycles. The normalized spacial score (nSPS) is 22.2. The maximum atomic E-state index is 13.2. The predicted molar refractivity (Wildman–Crippen MR) is 126 cm³/mol. The van der Waals surface area contributed by atoms with Crippen molar-refractivity contribution >= 4 is 33.0 Å². The number of carbonyl (C=O) groups is 1. The SMILES string of the molecule is CS(=O)(=O)c1c(C2C[C@H]3CC[C@@H](C2)N3C(=O)c2cc(N)n[nH]2)nc2c(-c3cn[nH]c3)cnn2c1N. The number of piperidine rings is 1. The van der Waals surface area contributed by atoms with Gasteiger partial charge < -0.3 is 16.4 Å². The fourth-order valence-electron chi connectivity index (χ4n) is 5.59. The first kappa shape index (κ1) is 21.6. The molecule has 14 heteroatoms. The largest absolute Gasteiger partial charge is 0.382 e. The number of H-pyrrole nitrogens is 2. The van der Waals surface area contributed by atoms with E-state index in [1.165, 1.54) is 10.6 Å². The maximum absolute atomic E-state index is 13.2. The van der Waals surface area contributed by atoms with Crippen molar-refractivity contribution in [2.75, 3.05) is 17.7 Å². The van der Waals surface area contributed by atoms with Gasteiger partial charge in [-0.05, 0) is 25.7 Å². The third kappa shape index (κ3) is 3.35. The molecule has 0 spiro atoms. The Bertz CT molecular complexity index is 1540. The number of rotatable bonds is 4. The summed E-state index contributed by atoms with van der Waals surface area (Å²) >= 11 is 0. The van der Waals surface area contributed by atoms with Crippen LogP contribution < -0.4 is 11.5 Å². The van der Waals surface area contributed by atoms with E-state index in [2.05, 4.69) is 25.5 Å². The van der Waals surface area contributed by atoms with Gasteiger partial charge in [0.05, 0.1) is 18.1 Å². The first-order chi connectivity index (χ1) is 16.7. The molecule has 6 rings (SSSR count). The summed E-state index contributed by atoms with van der Waals surface area (Å²) in [6.07, 6.45) is 8.90. The molecule has 0 aliphatic carbocycles. The van der Waals surface area contributed by atoms with E-state index >= 15 is 0 Å². The van der Waals surface area contributed by atoms with Crippen LogP contribution in [-0.4, -0.2) is 72.6 Å². The third-order valence-corrected chi connectivity index (χ3v) is 8.19. The number of nitrogens with zero attached hydrogens (tertiary/aromatic N) is 6. The molecule has 2 bridgehead atoms. The zero-order valence-electron chi connectivity index (χ0n) is 18.8. The van der Waals surface area contributed by atoms with E-state index in [1.54, 1.807) is 18.6 Å². The number of nitrogen functional groups attached to an aromatic ring is 2. The molecule has 2 saturated heterocycles. The number of aromatic amines is 2. The summed E-state index contributed by atoms with van der Waals surface area (Å²) in [5.41, 5.74) is 14.8. The van der Waals surface area contributed by atoms with Crippen LogP contribution in [0.1, 0.15) is 47.8 Å². The van der Waals surface area contributed by atoms with Crippen molar-refractivity contribution in [1.82, 2.24) is 39.9 Å². The molecule has 1 amide bonds. The van der Waals surface area contributed by atoms with Gasteiger partial charge in [-0.15, -0.1) is 0 Å². The van der Waals surface area contributed by atoms with Crippen LogP contribution in [0, 0.1) is 0 Å². The van der Waals surface area contributed by atoms with E-state index in [9.17, 15) is 13.2 Å². The van der Waals surface area contributed by atoms with Gasteiger partial charge in [0.1, 0.15) is 22.2 Å². The molecule has 0 saturated carbocycles. The van der Waals surface area contributed by atoms with Crippen molar-refractivity contribution in [1.29, 1.82) is 0 Å². The van der Waals surface area contributed by atoms with Crippen LogP contribution in [0.15, 0.2) is 29.6 Å². The highest BCUT2D eigenvalue weighted by Crippen LogP contribution is 2.45. The molecule has 4 aromatic heterocycles. The standard InChI is InChI=1S/C21H24N10O3S/c1-35(33,34)18-17(27-20-14(11-7-24-25-8-11)9-26-31(20)19(18)23)10-4-12-2-3-13(5-10)30(12)21(32)15-6-16(22)29-28-15/h6-10,12-13H,2-5,23H2,1H3,(H,24,25)(H3,22,28,29)/t10?,12-,13+. The molecule has 13 nitrogen and oxygen atoms in total. The summed E-state index contributed by atoms with van der Waals surface area (Å²) in [4.78, 5) is 19.9. The number of fused-ring (bicyclic) bond motifs is 3. The topological polar surface area (TPSA) is 194 Å². The van der Waals surface area contributed by atoms with Crippen LogP contribution in [0.2, 0.25) is 0 Å². The van der Waals surface area contributed by atoms with Gasteiger partial charge >= 0.3 is 0 Å². The van der Waals surface area contributed by atoms with Gasteiger partial charge in [0.25, 0.3) is 5.91 Å². The van der Waals surface area contributed by atoms with Crippen molar-refractivity contribution in [2.24, 2.45) is 0 Å². The van der Waals surface area contributed by atoms with Gasteiger partial charge in [-0.1, -0.05) is 0 Å². The van der Waals surface area contributed by atoms with E-state index < -0.39 is 9.84 Å². The summed E-state index contributed by atoms with van der Waals surface area (Å²) in [6, 6.07) is 1.42. The van der Waals surface area contributed by atoms with Crippen molar-refractivity contribution < 1.29 is 13.2 Å². The fraction of sp³-hybridized carbons (Fsp3) is 0.381. The minimum atomic E-state index is -3.71. The van der Waals surface area contributed by atoms with E-state index in [0.717, 1.165) is 24.7 Å². The lowest BCUT2D eigenvalue weighted by Gasteiger charge is -2.39. The number of aromatic nitrogens is 7. The van der Waals surface area contributed by atoms with Crippen LogP contribution in [-0.2, 0) is 9.84 Å². The predicted octanol–water partition coefficient (Wildman–Crippen LogP) is 0.961. The number of nitrogens with one attached hydrogen (secondary N) is 2. The average molecular weight is 497 g/mol. The summed E-state index contributed by atoms with van der Waals surface area (Å²) < 4.78 is 27.1. The monoisotopic (exact) mass is 496 g/mol. The Labute approximate surface area is 199 Å². The molecule has 6 N–H and O–H groups in total. The van der Waals surface area contributed by atoms with Crippen LogP contribution >= 0.6 is 0 Å². The van der Waals surface area contributed by atoms with Crippen molar-refractivity contribution in [2.45, 2.75) is 48.6 Å². The molecule has 4 aromatic rings. The Hall–Kier alpha value is -3.94. The van der Waals surface area contributed by atoms with Gasteiger partial charge in [0, 0.05) is 47.6 Å². The summed E-state index contributed by atoms with van der Waals surface area (Å²) in [5.74, 6) is -0.0476. The molecule has 0 aromatic carbocycles. The third-order valence-electron chi connectivity index (χ3n) is 7.03. The van der Waals surface area contributed by atoms with Crippen molar-refractivity contribution in [3.63, 3.8) is 0 Å². The smallest absolute Gasteiger partial charge is 0.272 e. The van der Waals surface area contributed by atoms with E-state index in [1.807, 2.05) is 4.90 Å². The molecule has 35 heavy (non-hydrogen) atoms. The Morgan fingerprint density at radius 2 is 1.91 bits per heavy atom. The number of anilines is 2. The van der Waals surface area contributed by atoms with E-state index in [-0.39, 0.29) is 40.4 Å². The van der Waals surface area contributed by atoms with Gasteiger partial charge in [0.15, 0.2) is 15.5 Å². The van der Waals surface area contributed by atoms with Gasteiger partial charge in [0.2, 0.25) is 0 Å². The molecular weight excluding hydrogens is 472 g/mol. The van der Waals surface area contributed by atoms with Crippen molar-refractivity contribution in [3.05, 3.63) is 36.0 Å². The first-order valence-electron chi connectivity index (χ1n) is 11.2. The number of amides is 1. The van der Waals surface area contributed by atoms with Crippen LogP contribution in [0.5, 0.6) is 0 Å². The molecule has 6 heterocycles. The second kappa shape index (κ2) is 7.53. The minimum Gasteiger partial charge on any atom is -0.382 e. The first-order valence-corrected chi connectivity index (χ1v) is 13.1. The number of sulfone groups is 1. The zero-order chi connectivity index (χ0) is 24.5.